The standard InChI is InChI=1S/C16H15N5O/c1-21-9-12(8-19-21)13-6-10-4-2-3-5-11(10)7-14(13)15(22)20-16(17)18/h2-9H,1H3,(H4,17,18,20,22). The number of benzene rings is 2. The van der Waals surface area contributed by atoms with Crippen molar-refractivity contribution in [3.8, 4) is 11.1 Å². The van der Waals surface area contributed by atoms with E-state index in [1.165, 1.54) is 0 Å². The van der Waals surface area contributed by atoms with Crippen LogP contribution in [0.15, 0.2) is 53.8 Å². The third-order valence-corrected chi connectivity index (χ3v) is 3.36. The Morgan fingerprint density at radius 1 is 1.18 bits per heavy atom. The van der Waals surface area contributed by atoms with Crippen molar-refractivity contribution >= 4 is 22.6 Å². The van der Waals surface area contributed by atoms with E-state index in [2.05, 4.69) is 10.1 Å². The Bertz CT molecular complexity index is 890. The number of nitrogens with two attached hydrogens (primary N) is 2. The van der Waals surface area contributed by atoms with Crippen LogP contribution < -0.4 is 11.5 Å². The second-order valence-corrected chi connectivity index (χ2v) is 4.99. The van der Waals surface area contributed by atoms with E-state index in [4.69, 9.17) is 11.5 Å². The van der Waals surface area contributed by atoms with Crippen LogP contribution in [0, 0.1) is 0 Å². The number of guanidine groups is 1. The molecule has 0 radical (unpaired) electrons. The van der Waals surface area contributed by atoms with Gasteiger partial charge in [-0.05, 0) is 28.5 Å². The summed E-state index contributed by atoms with van der Waals surface area (Å²) < 4.78 is 1.68. The number of aliphatic imine (C=N–C) groups is 1. The first kappa shape index (κ1) is 13.8. The molecule has 6 nitrogen and oxygen atoms in total. The largest absolute Gasteiger partial charge is 0.370 e. The van der Waals surface area contributed by atoms with Crippen LogP contribution in [-0.2, 0) is 7.05 Å². The number of carbonyl (C=O) groups is 1. The number of hydrogen-bond acceptors (Lipinski definition) is 2. The Kier molecular flexibility index (Phi) is 3.34. The van der Waals surface area contributed by atoms with E-state index in [1.807, 2.05) is 43.6 Å². The Balaban J connectivity index is 2.27. The third kappa shape index (κ3) is 2.54. The molecule has 1 heterocycles. The lowest BCUT2D eigenvalue weighted by Gasteiger charge is -2.08. The minimum absolute atomic E-state index is 0.254. The van der Waals surface area contributed by atoms with Crippen LogP contribution in [0.5, 0.6) is 0 Å². The maximum absolute atomic E-state index is 12.3. The van der Waals surface area contributed by atoms with Crippen molar-refractivity contribution in [2.24, 2.45) is 23.5 Å². The molecule has 1 aromatic heterocycles. The fourth-order valence-electron chi connectivity index (χ4n) is 2.39. The summed E-state index contributed by atoms with van der Waals surface area (Å²) in [4.78, 5) is 16.0. The van der Waals surface area contributed by atoms with Crippen molar-refractivity contribution < 1.29 is 4.79 Å². The number of aryl methyl sites for hydroxylation is 1. The van der Waals surface area contributed by atoms with Gasteiger partial charge in [0.05, 0.1) is 11.8 Å². The van der Waals surface area contributed by atoms with E-state index >= 15 is 0 Å². The first-order valence-electron chi connectivity index (χ1n) is 6.70. The van der Waals surface area contributed by atoms with E-state index < -0.39 is 5.91 Å². The van der Waals surface area contributed by atoms with Gasteiger partial charge in [0.1, 0.15) is 0 Å². The van der Waals surface area contributed by atoms with Gasteiger partial charge in [0.15, 0.2) is 5.96 Å². The van der Waals surface area contributed by atoms with Crippen LogP contribution >= 0.6 is 0 Å². The molecule has 0 bridgehead atoms. The molecule has 2 aromatic carbocycles. The van der Waals surface area contributed by atoms with Crippen molar-refractivity contribution in [1.82, 2.24) is 9.78 Å². The molecule has 0 spiro atoms. The number of carbonyl (C=O) groups excluding carboxylic acids is 1. The molecule has 0 aliphatic rings. The van der Waals surface area contributed by atoms with Crippen molar-refractivity contribution in [1.29, 1.82) is 0 Å². The van der Waals surface area contributed by atoms with Crippen LogP contribution in [0.25, 0.3) is 21.9 Å². The second-order valence-electron chi connectivity index (χ2n) is 4.99. The molecule has 1 amide bonds. The monoisotopic (exact) mass is 293 g/mol. The van der Waals surface area contributed by atoms with Crippen molar-refractivity contribution in [3.63, 3.8) is 0 Å². The number of fused-ring (bicyclic) bond motifs is 1. The van der Waals surface area contributed by atoms with Gasteiger partial charge in [0.25, 0.3) is 5.91 Å². The lowest BCUT2D eigenvalue weighted by Crippen LogP contribution is -2.24. The van der Waals surface area contributed by atoms with Gasteiger partial charge in [-0.1, -0.05) is 24.3 Å². The molecular formula is C16H15N5O. The van der Waals surface area contributed by atoms with E-state index in [-0.39, 0.29) is 5.96 Å². The summed E-state index contributed by atoms with van der Waals surface area (Å²) in [7, 11) is 1.82. The predicted octanol–water partition coefficient (Wildman–Crippen LogP) is 1.65. The zero-order valence-electron chi connectivity index (χ0n) is 12.0. The van der Waals surface area contributed by atoms with Gasteiger partial charge >= 0.3 is 0 Å². The molecule has 0 fully saturated rings. The normalized spacial score (nSPS) is 10.6. The average molecular weight is 293 g/mol. The van der Waals surface area contributed by atoms with E-state index in [1.54, 1.807) is 16.9 Å². The van der Waals surface area contributed by atoms with E-state index in [9.17, 15) is 4.79 Å². The van der Waals surface area contributed by atoms with Crippen molar-refractivity contribution in [2.75, 3.05) is 0 Å². The highest BCUT2D eigenvalue weighted by molar-refractivity contribution is 6.09. The molecule has 0 saturated heterocycles. The third-order valence-electron chi connectivity index (χ3n) is 3.36. The van der Waals surface area contributed by atoms with Crippen LogP contribution in [0.1, 0.15) is 10.4 Å². The SMILES string of the molecule is Cn1cc(-c2cc3ccccc3cc2C(=O)N=C(N)N)cn1. The minimum Gasteiger partial charge on any atom is -0.370 e. The van der Waals surface area contributed by atoms with Gasteiger partial charge in [0, 0.05) is 18.8 Å². The maximum Gasteiger partial charge on any atom is 0.280 e. The van der Waals surface area contributed by atoms with Crippen molar-refractivity contribution in [2.45, 2.75) is 0 Å². The first-order chi connectivity index (χ1) is 10.5. The number of nitrogens with zero attached hydrogens (tertiary/aromatic N) is 3. The topological polar surface area (TPSA) is 99.3 Å². The van der Waals surface area contributed by atoms with Gasteiger partial charge in [-0.2, -0.15) is 10.1 Å². The molecule has 3 rings (SSSR count). The Morgan fingerprint density at radius 2 is 1.86 bits per heavy atom. The molecule has 0 saturated carbocycles. The lowest BCUT2D eigenvalue weighted by atomic mass is 9.97. The zero-order valence-corrected chi connectivity index (χ0v) is 12.0. The van der Waals surface area contributed by atoms with E-state index in [0.29, 0.717) is 5.56 Å². The van der Waals surface area contributed by atoms with Gasteiger partial charge in [-0.25, -0.2) is 0 Å². The zero-order chi connectivity index (χ0) is 15.7. The van der Waals surface area contributed by atoms with E-state index in [0.717, 1.165) is 21.9 Å². The van der Waals surface area contributed by atoms with Crippen LogP contribution in [0.3, 0.4) is 0 Å². The van der Waals surface area contributed by atoms with Crippen LogP contribution in [0.4, 0.5) is 0 Å². The Labute approximate surface area is 127 Å². The molecule has 6 heteroatoms. The van der Waals surface area contributed by atoms with Gasteiger partial charge in [-0.15, -0.1) is 0 Å². The molecule has 3 aromatic rings. The highest BCUT2D eigenvalue weighted by Crippen LogP contribution is 2.29. The number of hydrogen-bond donors (Lipinski definition) is 2. The predicted molar refractivity (Wildman–Crippen MR) is 86.3 cm³/mol. The first-order valence-corrected chi connectivity index (χ1v) is 6.70. The summed E-state index contributed by atoms with van der Waals surface area (Å²) in [5, 5.41) is 6.13. The van der Waals surface area contributed by atoms with Gasteiger partial charge in [0.2, 0.25) is 0 Å². The second kappa shape index (κ2) is 5.33. The molecule has 0 aliphatic carbocycles. The quantitative estimate of drug-likeness (QED) is 0.554. The molecule has 0 aliphatic heterocycles. The highest BCUT2D eigenvalue weighted by Gasteiger charge is 2.15. The van der Waals surface area contributed by atoms with Crippen LogP contribution in [0.2, 0.25) is 0 Å². The smallest absolute Gasteiger partial charge is 0.280 e. The summed E-state index contributed by atoms with van der Waals surface area (Å²) in [5.74, 6) is -0.722. The van der Waals surface area contributed by atoms with Gasteiger partial charge < -0.3 is 11.5 Å². The highest BCUT2D eigenvalue weighted by atomic mass is 16.1. The fourth-order valence-corrected chi connectivity index (χ4v) is 2.39. The van der Waals surface area contributed by atoms with Gasteiger partial charge in [-0.3, -0.25) is 9.48 Å². The molecule has 110 valence electrons. The summed E-state index contributed by atoms with van der Waals surface area (Å²) in [6, 6.07) is 11.5. The Morgan fingerprint density at radius 3 is 2.45 bits per heavy atom. The molecular weight excluding hydrogens is 278 g/mol. The van der Waals surface area contributed by atoms with Crippen molar-refractivity contribution in [3.05, 3.63) is 54.4 Å². The number of aromatic nitrogens is 2. The minimum atomic E-state index is -0.468. The maximum atomic E-state index is 12.3. The molecule has 0 unspecified atom stereocenters. The average Bonchev–Trinajstić information content (AvgIpc) is 2.91. The Hall–Kier alpha value is -3.15. The number of amides is 1. The lowest BCUT2D eigenvalue weighted by molar-refractivity contribution is 0.100. The number of rotatable bonds is 2. The molecule has 22 heavy (non-hydrogen) atoms. The molecule has 0 atom stereocenters. The summed E-state index contributed by atoms with van der Waals surface area (Å²) in [6.07, 6.45) is 3.55. The fraction of sp³-hybridized carbons (Fsp3) is 0.0625. The molecule has 4 N–H and O–H groups in total. The summed E-state index contributed by atoms with van der Waals surface area (Å²) in [6.45, 7) is 0. The van der Waals surface area contributed by atoms with Crippen LogP contribution in [-0.4, -0.2) is 21.6 Å². The summed E-state index contributed by atoms with van der Waals surface area (Å²) >= 11 is 0. The summed E-state index contributed by atoms with van der Waals surface area (Å²) in [5.41, 5.74) is 12.7.